The van der Waals surface area contributed by atoms with Crippen LogP contribution in [-0.4, -0.2) is 127 Å². The maximum Gasteiger partial charge on any atom is 0.344 e. The van der Waals surface area contributed by atoms with Crippen LogP contribution in [0.1, 0.15) is 63.3 Å². The number of carbonyl (C=O) groups is 3. The van der Waals surface area contributed by atoms with Gasteiger partial charge in [-0.3, -0.25) is 19.4 Å². The summed E-state index contributed by atoms with van der Waals surface area (Å²) in [6.07, 6.45) is 11.6. The maximum atomic E-state index is 15.3. The lowest BCUT2D eigenvalue weighted by atomic mass is 9.47. The summed E-state index contributed by atoms with van der Waals surface area (Å²) >= 11 is 0. The number of methoxy groups -OCH3 is 3. The van der Waals surface area contributed by atoms with Gasteiger partial charge in [0.15, 0.2) is 6.10 Å². The van der Waals surface area contributed by atoms with E-state index in [0.29, 0.717) is 38.9 Å². The van der Waals surface area contributed by atoms with Gasteiger partial charge in [0.05, 0.1) is 26.4 Å². The van der Waals surface area contributed by atoms with Gasteiger partial charge in [-0.1, -0.05) is 55.4 Å². The SMILES string of the molecule is CCC1=C[C@H]2CN(C1)Cc1c([nH]c3ccc(C)cc13)[C@@](C(=O)OC)(C1C=C3C(=CC1OC)N(C)[C@H]1[C@@](O)(C(=O)OC)[C@H](OC(C)=O)[C@]4(CC)C=CCN5CC[C@]31[C@@H]54)C2. The topological polar surface area (TPSA) is 134 Å². The molecule has 11 atom stereocenters. The van der Waals surface area contributed by atoms with E-state index in [9.17, 15) is 14.7 Å². The summed E-state index contributed by atoms with van der Waals surface area (Å²) in [5, 5.41) is 14.4. The second kappa shape index (κ2) is 13.7. The van der Waals surface area contributed by atoms with Crippen LogP contribution in [0.4, 0.5) is 0 Å². The number of aryl methyl sites for hydroxylation is 1. The first-order valence-electron chi connectivity index (χ1n) is 21.0. The molecule has 12 nitrogen and oxygen atoms in total. The third-order valence-corrected chi connectivity index (χ3v) is 15.4. The van der Waals surface area contributed by atoms with Crippen molar-refractivity contribution in [2.24, 2.45) is 22.7 Å². The Morgan fingerprint density at radius 3 is 2.48 bits per heavy atom. The maximum absolute atomic E-state index is 15.3. The van der Waals surface area contributed by atoms with Crippen molar-refractivity contribution in [1.82, 2.24) is 19.7 Å². The summed E-state index contributed by atoms with van der Waals surface area (Å²) in [4.78, 5) is 53.4. The summed E-state index contributed by atoms with van der Waals surface area (Å²) in [6.45, 7) is 11.4. The van der Waals surface area contributed by atoms with Crippen LogP contribution in [0.15, 0.2) is 65.4 Å². The Morgan fingerprint density at radius 1 is 1.02 bits per heavy atom. The number of hydrogen-bond donors (Lipinski definition) is 2. The summed E-state index contributed by atoms with van der Waals surface area (Å²) in [7, 11) is 6.35. The van der Waals surface area contributed by atoms with Gasteiger partial charge in [-0.05, 0) is 74.4 Å². The molecule has 58 heavy (non-hydrogen) atoms. The van der Waals surface area contributed by atoms with Gasteiger partial charge >= 0.3 is 17.9 Å². The van der Waals surface area contributed by atoms with Crippen LogP contribution in [0.5, 0.6) is 0 Å². The largest absolute Gasteiger partial charge is 0.468 e. The van der Waals surface area contributed by atoms with Crippen LogP contribution in [0, 0.1) is 29.6 Å². The molecule has 2 N–H and O–H groups in total. The van der Waals surface area contributed by atoms with Crippen molar-refractivity contribution in [3.05, 3.63) is 82.2 Å². The second-order valence-electron chi connectivity index (χ2n) is 18.0. The van der Waals surface area contributed by atoms with Crippen LogP contribution in [0.3, 0.4) is 0 Å². The fourth-order valence-electron chi connectivity index (χ4n) is 13.4. The second-order valence-corrected chi connectivity index (χ2v) is 18.0. The number of aromatic amines is 1. The highest BCUT2D eigenvalue weighted by molar-refractivity contribution is 5.92. The first-order valence-corrected chi connectivity index (χ1v) is 21.0. The number of benzene rings is 1. The molecular formula is C46H58N4O8. The molecule has 2 bridgehead atoms. The van der Waals surface area contributed by atoms with Gasteiger partial charge in [0.2, 0.25) is 5.60 Å². The molecule has 310 valence electrons. The van der Waals surface area contributed by atoms with E-state index in [4.69, 9.17) is 18.9 Å². The van der Waals surface area contributed by atoms with Crippen molar-refractivity contribution >= 4 is 28.8 Å². The Kier molecular flexibility index (Phi) is 9.24. The molecule has 2 saturated heterocycles. The average Bonchev–Trinajstić information content (AvgIpc) is 3.86. The summed E-state index contributed by atoms with van der Waals surface area (Å²) in [6, 6.07) is 5.30. The number of likely N-dealkylation sites (tertiary alicyclic amines) is 1. The number of nitrogens with one attached hydrogen (secondary N) is 1. The Balaban J connectivity index is 1.34. The number of allylic oxidation sites excluding steroid dienone is 1. The van der Waals surface area contributed by atoms with Crippen LogP contribution in [-0.2, 0) is 45.3 Å². The van der Waals surface area contributed by atoms with E-state index < -0.39 is 58.0 Å². The normalized spacial score (nSPS) is 38.6. The minimum atomic E-state index is -2.26. The van der Waals surface area contributed by atoms with Gasteiger partial charge < -0.3 is 33.9 Å². The van der Waals surface area contributed by atoms with Crippen molar-refractivity contribution in [3.63, 3.8) is 0 Å². The van der Waals surface area contributed by atoms with E-state index >= 15 is 4.79 Å². The van der Waals surface area contributed by atoms with E-state index in [-0.39, 0.29) is 17.9 Å². The molecular weight excluding hydrogens is 737 g/mol. The molecule has 1 spiro atoms. The summed E-state index contributed by atoms with van der Waals surface area (Å²) in [5.41, 5.74) is 1.96. The number of ether oxygens (including phenoxy) is 4. The summed E-state index contributed by atoms with van der Waals surface area (Å²) in [5.74, 6) is -2.24. The molecule has 5 aliphatic heterocycles. The van der Waals surface area contributed by atoms with Crippen LogP contribution >= 0.6 is 0 Å². The number of aliphatic hydroxyl groups is 1. The van der Waals surface area contributed by atoms with Crippen molar-refractivity contribution in [2.75, 3.05) is 54.6 Å². The third-order valence-electron chi connectivity index (χ3n) is 15.4. The van der Waals surface area contributed by atoms with Gasteiger partial charge in [0.1, 0.15) is 5.41 Å². The number of nitrogens with zero attached hydrogens (tertiary/aromatic N) is 3. The molecule has 12 heteroatoms. The van der Waals surface area contributed by atoms with Gasteiger partial charge in [-0.15, -0.1) is 0 Å². The molecule has 1 aromatic carbocycles. The highest BCUT2D eigenvalue weighted by atomic mass is 16.6. The Labute approximate surface area is 340 Å². The average molecular weight is 795 g/mol. The Hall–Kier alpha value is -4.23. The summed E-state index contributed by atoms with van der Waals surface area (Å²) < 4.78 is 24.1. The number of hydrogen-bond acceptors (Lipinski definition) is 11. The monoisotopic (exact) mass is 794 g/mol. The lowest BCUT2D eigenvalue weighted by molar-refractivity contribution is -0.243. The first-order chi connectivity index (χ1) is 27.8. The third kappa shape index (κ3) is 4.98. The van der Waals surface area contributed by atoms with Crippen molar-refractivity contribution < 1.29 is 38.4 Å². The fourth-order valence-corrected chi connectivity index (χ4v) is 13.4. The van der Waals surface area contributed by atoms with Gasteiger partial charge in [-0.25, -0.2) is 4.79 Å². The van der Waals surface area contributed by atoms with Gasteiger partial charge in [0.25, 0.3) is 0 Å². The van der Waals surface area contributed by atoms with E-state index in [2.05, 4.69) is 77.2 Å². The lowest BCUT2D eigenvalue weighted by Crippen LogP contribution is -2.79. The van der Waals surface area contributed by atoms with Crippen molar-refractivity contribution in [1.29, 1.82) is 0 Å². The minimum absolute atomic E-state index is 0.0596. The van der Waals surface area contributed by atoms with Crippen molar-refractivity contribution in [2.45, 2.75) is 95.2 Å². The van der Waals surface area contributed by atoms with E-state index in [1.165, 1.54) is 26.7 Å². The Morgan fingerprint density at radius 2 is 1.79 bits per heavy atom. The molecule has 6 heterocycles. The highest BCUT2D eigenvalue weighted by Crippen LogP contribution is 2.70. The Bertz CT molecular complexity index is 2210. The van der Waals surface area contributed by atoms with Crippen LogP contribution in [0.25, 0.3) is 10.9 Å². The van der Waals surface area contributed by atoms with E-state index in [1.807, 2.05) is 18.9 Å². The molecule has 0 radical (unpaired) electrons. The molecule has 1 aromatic heterocycles. The standard InChI is InChI=1S/C46H58N4O8/c1-9-28-19-29-22-45(41(52)56-7,37-31(25-49(23-28)24-29)30-18-26(3)12-13-34(30)47-37)33-20-32-35(21-36(33)55-6)48(5)39-44(32)15-17-50-16-11-14-43(10-2,38(44)50)40(58-27(4)51)46(39,54)42(53)57-8/h11-14,18-21,29,33,36,38-40,47,54H,9-10,15-17,22-25H2,1-8H3/t29-,33?,36?,38+,39-,40-,43-,44-,45+,46+/m1/s1. The quantitative estimate of drug-likeness (QED) is 0.230. The number of carbonyl (C=O) groups excluding carboxylic acids is 3. The van der Waals surface area contributed by atoms with E-state index in [0.717, 1.165) is 58.5 Å². The predicted octanol–water partition coefficient (Wildman–Crippen LogP) is 4.70. The number of likely N-dealkylation sites (N-methyl/N-ethyl adjacent to an activating group) is 1. The van der Waals surface area contributed by atoms with Crippen LogP contribution < -0.4 is 0 Å². The molecule has 1 saturated carbocycles. The lowest BCUT2D eigenvalue weighted by Gasteiger charge is -2.63. The zero-order valence-electron chi connectivity index (χ0n) is 35.1. The van der Waals surface area contributed by atoms with Gasteiger partial charge in [-0.2, -0.15) is 0 Å². The van der Waals surface area contributed by atoms with Crippen LogP contribution in [0.2, 0.25) is 0 Å². The van der Waals surface area contributed by atoms with E-state index in [1.54, 1.807) is 7.11 Å². The van der Waals surface area contributed by atoms with Gasteiger partial charge in [0, 0.05) is 92.3 Å². The smallest absolute Gasteiger partial charge is 0.344 e. The number of esters is 3. The number of H-pyrrole nitrogens is 1. The molecule has 3 unspecified atom stereocenters. The zero-order chi connectivity index (χ0) is 41.1. The minimum Gasteiger partial charge on any atom is -0.468 e. The zero-order valence-corrected chi connectivity index (χ0v) is 35.1. The molecule has 3 fully saturated rings. The number of aromatic nitrogens is 1. The molecule has 7 aliphatic rings. The number of rotatable bonds is 7. The molecule has 0 amide bonds. The highest BCUT2D eigenvalue weighted by Gasteiger charge is 2.81. The van der Waals surface area contributed by atoms with Crippen molar-refractivity contribution in [3.8, 4) is 0 Å². The number of fused-ring (bicyclic) bond motifs is 6. The molecule has 9 rings (SSSR count). The molecule has 2 aliphatic carbocycles. The molecule has 2 aromatic rings. The predicted molar refractivity (Wildman–Crippen MR) is 217 cm³/mol. The fraction of sp³-hybridized carbons (Fsp3) is 0.587. The first kappa shape index (κ1) is 39.2.